The predicted octanol–water partition coefficient (Wildman–Crippen LogP) is 3.67. The molecule has 1 aliphatic rings. The molecule has 31 heavy (non-hydrogen) atoms. The van der Waals surface area contributed by atoms with Crippen molar-refractivity contribution in [2.24, 2.45) is 7.05 Å². The third-order valence-corrected chi connectivity index (χ3v) is 6.95. The smallest absolute Gasteiger partial charge is 0.281 e. The standard InChI is InChI=1S/C22H24N6O2S/c1-15-20(16-6-5-7-17(14-16)28-11-3-4-12-28)21-18(8-10-23-22(21)24-15)26-31(29,30)19-9-13-27(2)25-19/h5-10,13-14H,3-4,11-12H2,1-2H3,(H2,23,24,26). The third kappa shape index (κ3) is 3.54. The molecule has 9 heteroatoms. The predicted molar refractivity (Wildman–Crippen MR) is 122 cm³/mol. The second kappa shape index (κ2) is 7.42. The first kappa shape index (κ1) is 19.6. The molecule has 1 fully saturated rings. The number of hydrogen-bond donors (Lipinski definition) is 2. The van der Waals surface area contributed by atoms with Gasteiger partial charge in [-0.2, -0.15) is 13.5 Å². The first-order chi connectivity index (χ1) is 14.9. The molecule has 0 unspecified atom stereocenters. The fourth-order valence-electron chi connectivity index (χ4n) is 4.25. The molecule has 160 valence electrons. The molecular formula is C22H24N6O2S. The molecule has 3 aromatic heterocycles. The lowest BCUT2D eigenvalue weighted by Gasteiger charge is -2.18. The van der Waals surface area contributed by atoms with Crippen LogP contribution >= 0.6 is 0 Å². The van der Waals surface area contributed by atoms with E-state index in [-0.39, 0.29) is 5.03 Å². The maximum atomic E-state index is 12.9. The highest BCUT2D eigenvalue weighted by Crippen LogP contribution is 2.38. The molecular weight excluding hydrogens is 412 g/mol. The molecule has 0 atom stereocenters. The van der Waals surface area contributed by atoms with Crippen LogP contribution in [0.15, 0.2) is 53.8 Å². The van der Waals surface area contributed by atoms with E-state index in [1.807, 2.05) is 6.92 Å². The SMILES string of the molecule is Cc1[nH]c2nccc(NS(=O)(=O)c3ccn(C)n3)c2c1-c1cccc(N2CCCC2)c1. The lowest BCUT2D eigenvalue weighted by molar-refractivity contribution is 0.593. The number of aromatic amines is 1. The molecule has 8 nitrogen and oxygen atoms in total. The van der Waals surface area contributed by atoms with Crippen molar-refractivity contribution in [1.29, 1.82) is 0 Å². The molecule has 4 aromatic rings. The number of benzene rings is 1. The molecule has 0 saturated carbocycles. The quantitative estimate of drug-likeness (QED) is 0.498. The van der Waals surface area contributed by atoms with Crippen LogP contribution in [0.2, 0.25) is 0 Å². The third-order valence-electron chi connectivity index (χ3n) is 5.70. The number of nitrogens with one attached hydrogen (secondary N) is 2. The van der Waals surface area contributed by atoms with Crippen LogP contribution in [0, 0.1) is 6.92 Å². The lowest BCUT2D eigenvalue weighted by atomic mass is 10.0. The summed E-state index contributed by atoms with van der Waals surface area (Å²) >= 11 is 0. The normalized spacial score (nSPS) is 14.5. The van der Waals surface area contributed by atoms with E-state index in [4.69, 9.17) is 0 Å². The van der Waals surface area contributed by atoms with Gasteiger partial charge >= 0.3 is 0 Å². The number of aryl methyl sites for hydroxylation is 2. The molecule has 4 heterocycles. The van der Waals surface area contributed by atoms with E-state index < -0.39 is 10.0 Å². The second-order valence-corrected chi connectivity index (χ2v) is 9.51. The molecule has 0 bridgehead atoms. The van der Waals surface area contributed by atoms with Crippen LogP contribution in [0.4, 0.5) is 11.4 Å². The average molecular weight is 437 g/mol. The Morgan fingerprint density at radius 1 is 1.13 bits per heavy atom. The van der Waals surface area contributed by atoms with E-state index in [9.17, 15) is 8.42 Å². The van der Waals surface area contributed by atoms with E-state index >= 15 is 0 Å². The number of hydrogen-bond acceptors (Lipinski definition) is 5. The molecule has 1 aliphatic heterocycles. The molecule has 0 radical (unpaired) electrons. The maximum absolute atomic E-state index is 12.9. The number of aromatic nitrogens is 4. The molecule has 0 amide bonds. The minimum absolute atomic E-state index is 0.0233. The van der Waals surface area contributed by atoms with E-state index in [1.54, 1.807) is 25.5 Å². The highest BCUT2D eigenvalue weighted by Gasteiger charge is 2.22. The van der Waals surface area contributed by atoms with Crippen LogP contribution < -0.4 is 9.62 Å². The highest BCUT2D eigenvalue weighted by atomic mass is 32.2. The summed E-state index contributed by atoms with van der Waals surface area (Å²) in [7, 11) is -2.14. The van der Waals surface area contributed by atoms with Gasteiger partial charge < -0.3 is 9.88 Å². The van der Waals surface area contributed by atoms with E-state index in [0.717, 1.165) is 35.3 Å². The molecule has 1 saturated heterocycles. The summed E-state index contributed by atoms with van der Waals surface area (Å²) in [5, 5.41) is 4.76. The summed E-state index contributed by atoms with van der Waals surface area (Å²) in [6.07, 6.45) is 5.62. The second-order valence-electron chi connectivity index (χ2n) is 7.88. The molecule has 2 N–H and O–H groups in total. The summed E-state index contributed by atoms with van der Waals surface area (Å²) in [5.74, 6) is 0. The van der Waals surface area contributed by atoms with Gasteiger partial charge in [0.15, 0.2) is 5.03 Å². The number of rotatable bonds is 5. The molecule has 0 spiro atoms. The molecule has 0 aliphatic carbocycles. The summed E-state index contributed by atoms with van der Waals surface area (Å²) < 4.78 is 30.0. The number of H-pyrrole nitrogens is 1. The summed E-state index contributed by atoms with van der Waals surface area (Å²) in [4.78, 5) is 10.1. The van der Waals surface area contributed by atoms with Gasteiger partial charge in [0.05, 0.1) is 11.1 Å². The van der Waals surface area contributed by atoms with Crippen LogP contribution in [-0.4, -0.2) is 41.3 Å². The van der Waals surface area contributed by atoms with Gasteiger partial charge in [-0.25, -0.2) is 4.98 Å². The van der Waals surface area contributed by atoms with Crippen LogP contribution in [0.5, 0.6) is 0 Å². The zero-order valence-corrected chi connectivity index (χ0v) is 18.3. The van der Waals surface area contributed by atoms with Crippen molar-refractivity contribution < 1.29 is 8.42 Å². The van der Waals surface area contributed by atoms with E-state index in [0.29, 0.717) is 11.3 Å². The Morgan fingerprint density at radius 3 is 2.68 bits per heavy atom. The van der Waals surface area contributed by atoms with Gasteiger partial charge in [0.25, 0.3) is 10.0 Å². The van der Waals surface area contributed by atoms with Crippen molar-refractivity contribution in [1.82, 2.24) is 19.7 Å². The largest absolute Gasteiger partial charge is 0.372 e. The number of sulfonamides is 1. The van der Waals surface area contributed by atoms with Gasteiger partial charge in [0.1, 0.15) is 5.65 Å². The van der Waals surface area contributed by atoms with Gasteiger partial charge in [-0.15, -0.1) is 0 Å². The van der Waals surface area contributed by atoms with Crippen molar-refractivity contribution in [3.05, 3.63) is 54.5 Å². The summed E-state index contributed by atoms with van der Waals surface area (Å²) in [5.41, 5.74) is 5.21. The topological polar surface area (TPSA) is 95.9 Å². The van der Waals surface area contributed by atoms with E-state index in [1.165, 1.54) is 29.3 Å². The number of pyridine rings is 1. The Hall–Kier alpha value is -3.33. The maximum Gasteiger partial charge on any atom is 0.281 e. The van der Waals surface area contributed by atoms with E-state index in [2.05, 4.69) is 49.0 Å². The van der Waals surface area contributed by atoms with Gasteiger partial charge in [-0.1, -0.05) is 12.1 Å². The summed E-state index contributed by atoms with van der Waals surface area (Å²) in [6, 6.07) is 11.6. The van der Waals surface area contributed by atoms with Crippen molar-refractivity contribution in [3.63, 3.8) is 0 Å². The van der Waals surface area contributed by atoms with Crippen LogP contribution in [0.1, 0.15) is 18.5 Å². The Bertz CT molecular complexity index is 1370. The van der Waals surface area contributed by atoms with Gasteiger partial charge in [-0.05, 0) is 49.6 Å². The van der Waals surface area contributed by atoms with Gasteiger partial charge in [-0.3, -0.25) is 9.40 Å². The van der Waals surface area contributed by atoms with Crippen molar-refractivity contribution in [2.45, 2.75) is 24.8 Å². The molecule has 5 rings (SSSR count). The Balaban J connectivity index is 1.62. The minimum Gasteiger partial charge on any atom is -0.372 e. The van der Waals surface area contributed by atoms with Crippen molar-refractivity contribution in [3.8, 4) is 11.1 Å². The molecule has 1 aromatic carbocycles. The first-order valence-corrected chi connectivity index (χ1v) is 11.8. The van der Waals surface area contributed by atoms with Gasteiger partial charge in [0, 0.05) is 49.5 Å². The van der Waals surface area contributed by atoms with Gasteiger partial charge in [0.2, 0.25) is 0 Å². The minimum atomic E-state index is -3.83. The van der Waals surface area contributed by atoms with Crippen LogP contribution in [-0.2, 0) is 17.1 Å². The number of nitrogens with zero attached hydrogens (tertiary/aromatic N) is 4. The fraction of sp³-hybridized carbons (Fsp3) is 0.273. The lowest BCUT2D eigenvalue weighted by Crippen LogP contribution is -2.17. The Morgan fingerprint density at radius 2 is 1.94 bits per heavy atom. The zero-order valence-electron chi connectivity index (χ0n) is 17.5. The van der Waals surface area contributed by atoms with Crippen LogP contribution in [0.25, 0.3) is 22.2 Å². The fourth-order valence-corrected chi connectivity index (χ4v) is 5.29. The Labute approximate surface area is 181 Å². The summed E-state index contributed by atoms with van der Waals surface area (Å²) in [6.45, 7) is 4.11. The monoisotopic (exact) mass is 436 g/mol. The first-order valence-electron chi connectivity index (χ1n) is 10.3. The average Bonchev–Trinajstić information content (AvgIpc) is 3.48. The van der Waals surface area contributed by atoms with Crippen molar-refractivity contribution in [2.75, 3.05) is 22.7 Å². The number of fused-ring (bicyclic) bond motifs is 1. The van der Waals surface area contributed by atoms with Crippen molar-refractivity contribution >= 4 is 32.4 Å². The number of anilines is 2. The Kier molecular flexibility index (Phi) is 4.70. The van der Waals surface area contributed by atoms with Crippen LogP contribution in [0.3, 0.4) is 0 Å². The highest BCUT2D eigenvalue weighted by molar-refractivity contribution is 7.92. The zero-order chi connectivity index (χ0) is 21.6.